The van der Waals surface area contributed by atoms with E-state index in [1.807, 2.05) is 30.3 Å². The number of hydrogen-bond donors (Lipinski definition) is 1. The van der Waals surface area contributed by atoms with Crippen LogP contribution in [0.5, 0.6) is 0 Å². The highest BCUT2D eigenvalue weighted by Gasteiger charge is 2.31. The third kappa shape index (κ3) is 4.80. The van der Waals surface area contributed by atoms with Gasteiger partial charge in [0.1, 0.15) is 0 Å². The Kier molecular flexibility index (Phi) is 5.80. The van der Waals surface area contributed by atoms with Gasteiger partial charge in [-0.05, 0) is 31.4 Å². The fraction of sp³-hybridized carbons (Fsp3) is 0.667. The molecule has 0 amide bonds. The maximum Gasteiger partial charge on any atom is 0.0853 e. The Hall–Kier alpha value is -0.900. The summed E-state index contributed by atoms with van der Waals surface area (Å²) in [5.41, 5.74) is 0.836. The minimum absolute atomic E-state index is 0.165. The van der Waals surface area contributed by atoms with Crippen molar-refractivity contribution in [1.82, 2.24) is 4.90 Å². The highest BCUT2D eigenvalue weighted by molar-refractivity contribution is 5.19. The van der Waals surface area contributed by atoms with Gasteiger partial charge in [-0.25, -0.2) is 0 Å². The minimum atomic E-state index is -0.434. The summed E-state index contributed by atoms with van der Waals surface area (Å²) in [4.78, 5) is 2.36. The van der Waals surface area contributed by atoms with Crippen molar-refractivity contribution >= 4 is 0 Å². The third-order valence-corrected chi connectivity index (χ3v) is 4.44. The van der Waals surface area contributed by atoms with E-state index in [1.165, 1.54) is 0 Å². The molecule has 1 N–H and O–H groups in total. The molecule has 1 unspecified atom stereocenters. The van der Waals surface area contributed by atoms with Crippen LogP contribution in [0.15, 0.2) is 30.3 Å². The molecule has 21 heavy (non-hydrogen) atoms. The van der Waals surface area contributed by atoms with Gasteiger partial charge in [0, 0.05) is 31.7 Å². The van der Waals surface area contributed by atoms with Gasteiger partial charge in [-0.2, -0.15) is 0 Å². The van der Waals surface area contributed by atoms with Crippen molar-refractivity contribution in [2.24, 2.45) is 11.3 Å². The van der Waals surface area contributed by atoms with Gasteiger partial charge in [0.2, 0.25) is 0 Å². The van der Waals surface area contributed by atoms with E-state index in [0.29, 0.717) is 0 Å². The predicted molar refractivity (Wildman–Crippen MR) is 86.2 cm³/mol. The summed E-state index contributed by atoms with van der Waals surface area (Å²) in [5, 5.41) is 10.7. The molecule has 0 aliphatic carbocycles. The Labute approximate surface area is 128 Å². The first-order chi connectivity index (χ1) is 9.99. The van der Waals surface area contributed by atoms with Crippen molar-refractivity contribution in [2.45, 2.75) is 32.8 Å². The second kappa shape index (κ2) is 7.39. The van der Waals surface area contributed by atoms with Crippen molar-refractivity contribution in [3.05, 3.63) is 35.9 Å². The molecule has 1 fully saturated rings. The highest BCUT2D eigenvalue weighted by atomic mass is 16.5. The zero-order valence-corrected chi connectivity index (χ0v) is 13.6. The third-order valence-electron chi connectivity index (χ3n) is 4.44. The molecule has 1 saturated heterocycles. The van der Waals surface area contributed by atoms with Crippen molar-refractivity contribution < 1.29 is 9.84 Å². The summed E-state index contributed by atoms with van der Waals surface area (Å²) in [6.07, 6.45) is 1.88. The molecule has 0 saturated carbocycles. The predicted octanol–water partition coefficient (Wildman–Crippen LogP) is 3.10. The quantitative estimate of drug-likeness (QED) is 0.874. The fourth-order valence-electron chi connectivity index (χ4n) is 3.30. The van der Waals surface area contributed by atoms with Crippen molar-refractivity contribution in [3.63, 3.8) is 0 Å². The summed E-state index contributed by atoms with van der Waals surface area (Å²) in [7, 11) is 2.16. The Morgan fingerprint density at radius 1 is 1.24 bits per heavy atom. The number of rotatable bonds is 6. The van der Waals surface area contributed by atoms with Crippen LogP contribution in [0.4, 0.5) is 0 Å². The van der Waals surface area contributed by atoms with Gasteiger partial charge in [-0.3, -0.25) is 0 Å². The average molecular weight is 291 g/mol. The number of nitrogens with zero attached hydrogens (tertiary/aromatic N) is 1. The molecule has 0 bridgehead atoms. The van der Waals surface area contributed by atoms with Crippen LogP contribution in [0.3, 0.4) is 0 Å². The molecule has 3 heteroatoms. The van der Waals surface area contributed by atoms with Crippen LogP contribution < -0.4 is 0 Å². The first-order valence-corrected chi connectivity index (χ1v) is 7.98. The lowest BCUT2D eigenvalue weighted by atomic mass is 9.82. The lowest BCUT2D eigenvalue weighted by molar-refractivity contribution is 0.0130. The molecule has 3 nitrogen and oxygen atoms in total. The van der Waals surface area contributed by atoms with E-state index < -0.39 is 6.10 Å². The summed E-state index contributed by atoms with van der Waals surface area (Å²) < 4.78 is 5.42. The molecule has 1 aromatic rings. The Morgan fingerprint density at radius 2 is 1.86 bits per heavy atom. The molecule has 1 aromatic carbocycles. The maximum absolute atomic E-state index is 10.7. The van der Waals surface area contributed by atoms with Gasteiger partial charge < -0.3 is 14.7 Å². The molecular formula is C18H29NO2. The van der Waals surface area contributed by atoms with E-state index in [9.17, 15) is 5.11 Å². The fourth-order valence-corrected chi connectivity index (χ4v) is 3.30. The lowest BCUT2D eigenvalue weighted by Crippen LogP contribution is -2.39. The van der Waals surface area contributed by atoms with Crippen LogP contribution in [0.25, 0.3) is 0 Å². The summed E-state index contributed by atoms with van der Waals surface area (Å²) in [6, 6.07) is 9.97. The number of hydrogen-bond acceptors (Lipinski definition) is 3. The zero-order chi connectivity index (χ0) is 15.3. The van der Waals surface area contributed by atoms with Crippen LogP contribution in [-0.2, 0) is 4.74 Å². The second-order valence-corrected chi connectivity index (χ2v) is 7.05. The average Bonchev–Trinajstić information content (AvgIpc) is 2.47. The molecule has 0 aromatic heterocycles. The molecule has 2 rings (SSSR count). The standard InChI is InChI=1S/C18H29NO2/c1-18(2,17(20)16-7-5-4-6-8-16)14-19(3)13-15-9-11-21-12-10-15/h4-8,15,17,20H,9-14H2,1-3H3. The lowest BCUT2D eigenvalue weighted by Gasteiger charge is -2.36. The largest absolute Gasteiger partial charge is 0.388 e. The smallest absolute Gasteiger partial charge is 0.0853 e. The number of aliphatic hydroxyl groups excluding tert-OH is 1. The van der Waals surface area contributed by atoms with Gasteiger partial charge in [0.15, 0.2) is 0 Å². The summed E-state index contributed by atoms with van der Waals surface area (Å²) in [6.45, 7) is 8.06. The van der Waals surface area contributed by atoms with Crippen molar-refractivity contribution in [3.8, 4) is 0 Å². The number of aliphatic hydroxyl groups is 1. The van der Waals surface area contributed by atoms with Gasteiger partial charge in [0.25, 0.3) is 0 Å². The van der Waals surface area contributed by atoms with E-state index in [2.05, 4.69) is 25.8 Å². The number of benzene rings is 1. The van der Waals surface area contributed by atoms with Crippen LogP contribution in [0.1, 0.15) is 38.4 Å². The van der Waals surface area contributed by atoms with Gasteiger partial charge in [-0.15, -0.1) is 0 Å². The summed E-state index contributed by atoms with van der Waals surface area (Å²) >= 11 is 0. The van der Waals surface area contributed by atoms with Crippen molar-refractivity contribution in [1.29, 1.82) is 0 Å². The normalized spacial score (nSPS) is 18.9. The van der Waals surface area contributed by atoms with Gasteiger partial charge >= 0.3 is 0 Å². The van der Waals surface area contributed by atoms with Gasteiger partial charge in [-0.1, -0.05) is 44.2 Å². The first kappa shape index (κ1) is 16.5. The Morgan fingerprint density at radius 3 is 2.48 bits per heavy atom. The maximum atomic E-state index is 10.7. The molecule has 1 aliphatic rings. The van der Waals surface area contributed by atoms with E-state index in [0.717, 1.165) is 50.6 Å². The van der Waals surface area contributed by atoms with E-state index in [4.69, 9.17) is 4.74 Å². The van der Waals surface area contributed by atoms with Crippen molar-refractivity contribution in [2.75, 3.05) is 33.4 Å². The first-order valence-electron chi connectivity index (χ1n) is 7.98. The van der Waals surface area contributed by atoms with Crippen LogP contribution in [0.2, 0.25) is 0 Å². The zero-order valence-electron chi connectivity index (χ0n) is 13.6. The highest BCUT2D eigenvalue weighted by Crippen LogP contribution is 2.34. The monoisotopic (exact) mass is 291 g/mol. The molecule has 1 aliphatic heterocycles. The molecular weight excluding hydrogens is 262 g/mol. The Bertz CT molecular complexity index is 412. The van der Waals surface area contributed by atoms with Crippen LogP contribution in [-0.4, -0.2) is 43.4 Å². The number of ether oxygens (including phenoxy) is 1. The summed E-state index contributed by atoms with van der Waals surface area (Å²) in [5.74, 6) is 0.730. The molecule has 118 valence electrons. The second-order valence-electron chi connectivity index (χ2n) is 7.05. The van der Waals surface area contributed by atoms with Crippen LogP contribution >= 0.6 is 0 Å². The Balaban J connectivity index is 1.89. The van der Waals surface area contributed by atoms with E-state index >= 15 is 0 Å². The minimum Gasteiger partial charge on any atom is -0.388 e. The molecule has 0 spiro atoms. The molecule has 1 atom stereocenters. The van der Waals surface area contributed by atoms with Gasteiger partial charge in [0.05, 0.1) is 6.10 Å². The molecule has 0 radical (unpaired) electrons. The van der Waals surface area contributed by atoms with E-state index in [1.54, 1.807) is 0 Å². The SMILES string of the molecule is CN(CC1CCOCC1)CC(C)(C)C(O)c1ccccc1. The van der Waals surface area contributed by atoms with E-state index in [-0.39, 0.29) is 5.41 Å². The van der Waals surface area contributed by atoms with Crippen LogP contribution in [0, 0.1) is 11.3 Å². The molecule has 1 heterocycles. The topological polar surface area (TPSA) is 32.7 Å².